The van der Waals surface area contributed by atoms with Gasteiger partial charge in [-0.15, -0.1) is 0 Å². The molecule has 0 bridgehead atoms. The van der Waals surface area contributed by atoms with Crippen LogP contribution in [-0.2, 0) is 6.42 Å². The number of halogens is 1. The molecule has 1 unspecified atom stereocenters. The van der Waals surface area contributed by atoms with Gasteiger partial charge in [-0.3, -0.25) is 0 Å². The van der Waals surface area contributed by atoms with E-state index < -0.39 is 0 Å². The van der Waals surface area contributed by atoms with Crippen LogP contribution in [0.25, 0.3) is 82.2 Å². The minimum atomic E-state index is -0.200. The smallest absolute Gasteiger partial charge is 0.123 e. The third kappa shape index (κ3) is 4.18. The lowest BCUT2D eigenvalue weighted by Gasteiger charge is -2.31. The van der Waals surface area contributed by atoms with Crippen molar-refractivity contribution in [3.05, 3.63) is 138 Å². The van der Waals surface area contributed by atoms with E-state index in [2.05, 4.69) is 124 Å². The Morgan fingerprint density at radius 2 is 1.09 bits per heavy atom. The standard InChI is InChI=1S/C44H33F/c1-44(2,3)36-23-34-11-4-26-12-16-40(41-18-14-35(24-36)42(34)43(26)41)32-8-7-28-20-27(5-6-29(28)21-32)30-13-17-38-31(22-30)9-10-33-25-37(45)15-19-39(33)38/h4-23,25,36H,24H2,1-3H3. The van der Waals surface area contributed by atoms with Crippen LogP contribution in [0.3, 0.4) is 0 Å². The second-order valence-electron chi connectivity index (χ2n) is 14.0. The van der Waals surface area contributed by atoms with E-state index in [-0.39, 0.29) is 11.2 Å². The first-order valence-electron chi connectivity index (χ1n) is 16.0. The second kappa shape index (κ2) is 9.49. The molecule has 0 heterocycles. The summed E-state index contributed by atoms with van der Waals surface area (Å²) in [4.78, 5) is 0. The van der Waals surface area contributed by atoms with Crippen LogP contribution < -0.4 is 5.22 Å². The van der Waals surface area contributed by atoms with Crippen molar-refractivity contribution in [1.29, 1.82) is 0 Å². The van der Waals surface area contributed by atoms with Crippen LogP contribution in [0.2, 0.25) is 0 Å². The fourth-order valence-corrected chi connectivity index (χ4v) is 7.69. The van der Waals surface area contributed by atoms with Crippen LogP contribution in [-0.4, -0.2) is 0 Å². The highest BCUT2D eigenvalue weighted by Gasteiger charge is 2.27. The van der Waals surface area contributed by atoms with Crippen LogP contribution in [0.1, 0.15) is 26.3 Å². The van der Waals surface area contributed by atoms with E-state index >= 15 is 0 Å². The Hall–Kier alpha value is -5.01. The van der Waals surface area contributed by atoms with Crippen molar-refractivity contribution < 1.29 is 4.39 Å². The van der Waals surface area contributed by atoms with Crippen molar-refractivity contribution in [2.75, 3.05) is 0 Å². The maximum Gasteiger partial charge on any atom is 0.123 e. The monoisotopic (exact) mass is 580 g/mol. The SMILES string of the molecule is CC(C)(C)C1C=c2ccc3ccc(-c4ccc5cc(-c6ccc7c(ccc8cc(F)ccc87)c6)ccc5c4)c4ccc(c2c34)C1. The molecule has 9 rings (SSSR count). The molecular weight excluding hydrogens is 547 g/mol. The van der Waals surface area contributed by atoms with Crippen molar-refractivity contribution >= 4 is 59.9 Å². The molecule has 0 saturated carbocycles. The summed E-state index contributed by atoms with van der Waals surface area (Å²) in [7, 11) is 0. The Bertz CT molecular complexity index is 2560. The molecule has 1 atom stereocenters. The third-order valence-electron chi connectivity index (χ3n) is 10.2. The number of benzene rings is 8. The Morgan fingerprint density at radius 1 is 0.511 bits per heavy atom. The summed E-state index contributed by atoms with van der Waals surface area (Å²) in [6, 6.07) is 43.3. The molecule has 0 radical (unpaired) electrons. The van der Waals surface area contributed by atoms with E-state index in [9.17, 15) is 4.39 Å². The summed E-state index contributed by atoms with van der Waals surface area (Å²) in [6.07, 6.45) is 3.61. The average molecular weight is 581 g/mol. The molecule has 1 aliphatic carbocycles. The molecule has 0 N–H and O–H groups in total. The Labute approximate surface area is 262 Å². The Balaban J connectivity index is 1.13. The second-order valence-corrected chi connectivity index (χ2v) is 14.0. The van der Waals surface area contributed by atoms with Gasteiger partial charge in [0.25, 0.3) is 0 Å². The Kier molecular flexibility index (Phi) is 5.57. The van der Waals surface area contributed by atoms with Gasteiger partial charge in [-0.05, 0) is 135 Å². The fraction of sp³-hybridized carbons (Fsp3) is 0.136. The minimum Gasteiger partial charge on any atom is -0.207 e. The summed E-state index contributed by atoms with van der Waals surface area (Å²) in [5, 5.41) is 13.7. The van der Waals surface area contributed by atoms with E-state index in [1.54, 1.807) is 12.1 Å². The highest BCUT2D eigenvalue weighted by molar-refractivity contribution is 6.17. The van der Waals surface area contributed by atoms with Gasteiger partial charge in [-0.25, -0.2) is 4.39 Å². The number of fused-ring (bicyclic) bond motifs is 4. The van der Waals surface area contributed by atoms with Crippen LogP contribution in [0.5, 0.6) is 0 Å². The summed E-state index contributed by atoms with van der Waals surface area (Å²) < 4.78 is 13.8. The van der Waals surface area contributed by atoms with Crippen molar-refractivity contribution in [2.45, 2.75) is 27.2 Å². The largest absolute Gasteiger partial charge is 0.207 e. The van der Waals surface area contributed by atoms with Crippen LogP contribution in [0, 0.1) is 17.2 Å². The molecule has 0 saturated heterocycles. The zero-order valence-corrected chi connectivity index (χ0v) is 25.8. The maximum atomic E-state index is 13.8. The van der Waals surface area contributed by atoms with Gasteiger partial charge in [0, 0.05) is 0 Å². The van der Waals surface area contributed by atoms with Crippen molar-refractivity contribution in [2.24, 2.45) is 11.3 Å². The lowest BCUT2D eigenvalue weighted by atomic mass is 9.73. The highest BCUT2D eigenvalue weighted by atomic mass is 19.1. The molecule has 0 fully saturated rings. The molecule has 0 nitrogen and oxygen atoms in total. The first-order valence-corrected chi connectivity index (χ1v) is 16.0. The van der Waals surface area contributed by atoms with Gasteiger partial charge in [0.1, 0.15) is 5.82 Å². The van der Waals surface area contributed by atoms with Gasteiger partial charge >= 0.3 is 0 Å². The van der Waals surface area contributed by atoms with E-state index in [0.717, 1.165) is 28.0 Å². The molecule has 0 spiro atoms. The predicted octanol–water partition coefficient (Wildman–Crippen LogP) is 11.6. The Morgan fingerprint density at radius 3 is 1.87 bits per heavy atom. The summed E-state index contributed by atoms with van der Waals surface area (Å²) in [6.45, 7) is 7.06. The molecule has 0 aromatic heterocycles. The average Bonchev–Trinajstić information content (AvgIpc) is 3.05. The molecule has 0 aliphatic heterocycles. The van der Waals surface area contributed by atoms with E-state index in [0.29, 0.717) is 5.92 Å². The van der Waals surface area contributed by atoms with Crippen molar-refractivity contribution in [3.8, 4) is 22.3 Å². The first-order chi connectivity index (χ1) is 21.8. The molecule has 8 aromatic carbocycles. The number of hydrogen-bond donors (Lipinski definition) is 0. The molecule has 45 heavy (non-hydrogen) atoms. The topological polar surface area (TPSA) is 0 Å². The minimum absolute atomic E-state index is 0.200. The predicted molar refractivity (Wildman–Crippen MR) is 191 cm³/mol. The molecule has 0 amide bonds. The van der Waals surface area contributed by atoms with Crippen LogP contribution in [0.15, 0.2) is 121 Å². The molecule has 216 valence electrons. The number of hydrogen-bond acceptors (Lipinski definition) is 0. The molecule has 1 heteroatoms. The van der Waals surface area contributed by atoms with Crippen molar-refractivity contribution in [1.82, 2.24) is 0 Å². The zero-order valence-electron chi connectivity index (χ0n) is 25.8. The van der Waals surface area contributed by atoms with Gasteiger partial charge in [-0.2, -0.15) is 0 Å². The summed E-state index contributed by atoms with van der Waals surface area (Å²) in [5.74, 6) is 0.339. The normalized spacial score (nSPS) is 15.0. The quantitative estimate of drug-likeness (QED) is 0.178. The van der Waals surface area contributed by atoms with E-state index in [4.69, 9.17) is 0 Å². The van der Waals surface area contributed by atoms with E-state index in [1.165, 1.54) is 65.4 Å². The van der Waals surface area contributed by atoms with Crippen molar-refractivity contribution in [3.63, 3.8) is 0 Å². The first kappa shape index (κ1) is 26.4. The fourth-order valence-electron chi connectivity index (χ4n) is 7.69. The van der Waals surface area contributed by atoms with Gasteiger partial charge in [0.05, 0.1) is 0 Å². The highest BCUT2D eigenvalue weighted by Crippen LogP contribution is 2.40. The lowest BCUT2D eigenvalue weighted by Crippen LogP contribution is -2.26. The summed E-state index contributed by atoms with van der Waals surface area (Å²) >= 11 is 0. The molecular formula is C44H33F. The van der Waals surface area contributed by atoms with Gasteiger partial charge < -0.3 is 0 Å². The van der Waals surface area contributed by atoms with Gasteiger partial charge in [0.15, 0.2) is 0 Å². The van der Waals surface area contributed by atoms with Crippen LogP contribution >= 0.6 is 0 Å². The third-order valence-corrected chi connectivity index (χ3v) is 10.2. The maximum absolute atomic E-state index is 13.8. The van der Waals surface area contributed by atoms with Gasteiger partial charge in [-0.1, -0.05) is 118 Å². The van der Waals surface area contributed by atoms with E-state index in [1.807, 2.05) is 12.1 Å². The zero-order chi connectivity index (χ0) is 30.4. The van der Waals surface area contributed by atoms with Gasteiger partial charge in [0.2, 0.25) is 0 Å². The molecule has 1 aliphatic rings. The lowest BCUT2D eigenvalue weighted by molar-refractivity contribution is 0.306. The summed E-state index contributed by atoms with van der Waals surface area (Å²) in [5.41, 5.74) is 6.63. The van der Waals surface area contributed by atoms with Crippen LogP contribution in [0.4, 0.5) is 4.39 Å². The number of rotatable bonds is 2. The molecule has 8 aromatic rings.